The molecule has 0 bridgehead atoms. The van der Waals surface area contributed by atoms with Crippen molar-refractivity contribution in [2.45, 2.75) is 32.7 Å². The summed E-state index contributed by atoms with van der Waals surface area (Å²) in [7, 11) is 0. The molecule has 19 heavy (non-hydrogen) atoms. The molecule has 102 valence electrons. The maximum atomic E-state index is 4.59. The van der Waals surface area contributed by atoms with Crippen molar-refractivity contribution in [3.8, 4) is 0 Å². The zero-order valence-electron chi connectivity index (χ0n) is 11.7. The molecule has 3 nitrogen and oxygen atoms in total. The zero-order valence-corrected chi connectivity index (χ0v) is 11.7. The van der Waals surface area contributed by atoms with Crippen LogP contribution in [0.15, 0.2) is 35.8 Å². The van der Waals surface area contributed by atoms with E-state index in [0.29, 0.717) is 0 Å². The molecule has 0 saturated heterocycles. The Bertz CT molecular complexity index is 463. The Morgan fingerprint density at radius 3 is 2.95 bits per heavy atom. The molecule has 0 fully saturated rings. The third kappa shape index (κ3) is 3.85. The number of nitrogens with zero attached hydrogens (tertiary/aromatic N) is 1. The van der Waals surface area contributed by atoms with Gasteiger partial charge in [0.05, 0.1) is 6.54 Å². The topological polar surface area (TPSA) is 36.4 Å². The van der Waals surface area contributed by atoms with Crippen molar-refractivity contribution in [2.75, 3.05) is 13.1 Å². The first kappa shape index (κ1) is 13.7. The fourth-order valence-corrected chi connectivity index (χ4v) is 2.40. The van der Waals surface area contributed by atoms with Crippen LogP contribution < -0.4 is 10.6 Å². The van der Waals surface area contributed by atoms with Gasteiger partial charge in [0.15, 0.2) is 5.96 Å². The van der Waals surface area contributed by atoms with Crippen molar-refractivity contribution in [1.82, 2.24) is 10.6 Å². The third-order valence-electron chi connectivity index (χ3n) is 3.34. The Morgan fingerprint density at radius 2 is 2.16 bits per heavy atom. The summed E-state index contributed by atoms with van der Waals surface area (Å²) in [6.07, 6.45) is 5.60. The predicted molar refractivity (Wildman–Crippen MR) is 81.5 cm³/mol. The van der Waals surface area contributed by atoms with Gasteiger partial charge in [-0.2, -0.15) is 0 Å². The minimum Gasteiger partial charge on any atom is -0.357 e. The summed E-state index contributed by atoms with van der Waals surface area (Å²) in [6, 6.07) is 6.77. The first-order valence-electron chi connectivity index (χ1n) is 7.07. The van der Waals surface area contributed by atoms with E-state index in [2.05, 4.69) is 47.3 Å². The highest BCUT2D eigenvalue weighted by molar-refractivity contribution is 5.79. The van der Waals surface area contributed by atoms with Gasteiger partial charge in [0, 0.05) is 13.1 Å². The highest BCUT2D eigenvalue weighted by atomic mass is 15.2. The molecule has 0 aromatic heterocycles. The fourth-order valence-electron chi connectivity index (χ4n) is 2.40. The molecule has 0 saturated carbocycles. The van der Waals surface area contributed by atoms with Crippen molar-refractivity contribution in [3.63, 3.8) is 0 Å². The molecule has 0 atom stereocenters. The number of fused-ring (bicyclic) bond motifs is 1. The van der Waals surface area contributed by atoms with Gasteiger partial charge in [0.1, 0.15) is 0 Å². The molecule has 0 aliphatic heterocycles. The molecule has 0 spiro atoms. The number of nitrogens with one attached hydrogen (secondary N) is 2. The van der Waals surface area contributed by atoms with Gasteiger partial charge in [-0.05, 0) is 42.9 Å². The van der Waals surface area contributed by atoms with Gasteiger partial charge < -0.3 is 10.6 Å². The molecule has 0 amide bonds. The second kappa shape index (κ2) is 6.98. The Hall–Kier alpha value is -1.77. The van der Waals surface area contributed by atoms with Gasteiger partial charge in [-0.3, -0.25) is 0 Å². The van der Waals surface area contributed by atoms with Crippen molar-refractivity contribution in [1.29, 1.82) is 0 Å². The number of guanidine groups is 1. The Kier molecular flexibility index (Phi) is 5.01. The number of aliphatic imine (C=N–C) groups is 1. The van der Waals surface area contributed by atoms with Crippen LogP contribution in [0.4, 0.5) is 0 Å². The minimum absolute atomic E-state index is 0.722. The molecular formula is C16H23N3. The summed E-state index contributed by atoms with van der Waals surface area (Å²) in [5, 5.41) is 6.44. The lowest BCUT2D eigenvalue weighted by molar-refractivity contribution is 0.859. The summed E-state index contributed by atoms with van der Waals surface area (Å²) in [4.78, 5) is 4.59. The summed E-state index contributed by atoms with van der Waals surface area (Å²) in [5.74, 6) is 0.850. The SMILES string of the molecule is C=CCNC(=NCc1ccc2c(c1)CCC2)NCC. The van der Waals surface area contributed by atoms with Crippen LogP contribution in [0.1, 0.15) is 30.0 Å². The molecule has 0 heterocycles. The van der Waals surface area contributed by atoms with E-state index in [1.165, 1.54) is 36.0 Å². The van der Waals surface area contributed by atoms with Crippen LogP contribution in [0.5, 0.6) is 0 Å². The maximum Gasteiger partial charge on any atom is 0.191 e. The van der Waals surface area contributed by atoms with Gasteiger partial charge in [0.2, 0.25) is 0 Å². The first-order chi connectivity index (χ1) is 9.33. The maximum absolute atomic E-state index is 4.59. The number of rotatable bonds is 5. The lowest BCUT2D eigenvalue weighted by Crippen LogP contribution is -2.37. The molecular weight excluding hydrogens is 234 g/mol. The molecule has 1 aromatic carbocycles. The minimum atomic E-state index is 0.722. The van der Waals surface area contributed by atoms with E-state index in [-0.39, 0.29) is 0 Å². The van der Waals surface area contributed by atoms with Gasteiger partial charge in [-0.25, -0.2) is 4.99 Å². The number of hydrogen-bond donors (Lipinski definition) is 2. The summed E-state index contributed by atoms with van der Waals surface area (Å²) in [5.41, 5.74) is 4.32. The van der Waals surface area contributed by atoms with Crippen LogP contribution >= 0.6 is 0 Å². The summed E-state index contributed by atoms with van der Waals surface area (Å²) >= 11 is 0. The Morgan fingerprint density at radius 1 is 1.32 bits per heavy atom. The number of aryl methyl sites for hydroxylation is 2. The van der Waals surface area contributed by atoms with E-state index in [1.54, 1.807) is 0 Å². The molecule has 1 aliphatic carbocycles. The predicted octanol–water partition coefficient (Wildman–Crippen LogP) is 2.42. The molecule has 0 unspecified atom stereocenters. The van der Waals surface area contributed by atoms with E-state index in [4.69, 9.17) is 0 Å². The molecule has 1 aromatic rings. The lowest BCUT2D eigenvalue weighted by atomic mass is 10.1. The lowest BCUT2D eigenvalue weighted by Gasteiger charge is -2.09. The summed E-state index contributed by atoms with van der Waals surface area (Å²) in [6.45, 7) is 8.10. The highest BCUT2D eigenvalue weighted by Crippen LogP contribution is 2.22. The van der Waals surface area contributed by atoms with Crippen LogP contribution in [0.3, 0.4) is 0 Å². The standard InChI is InChI=1S/C16H23N3/c1-3-10-18-16(17-4-2)19-12-13-8-9-14-6-5-7-15(14)11-13/h3,8-9,11H,1,4-7,10,12H2,2H3,(H2,17,18,19). The Balaban J connectivity index is 2.00. The van der Waals surface area contributed by atoms with Crippen LogP contribution in [0, 0.1) is 0 Å². The van der Waals surface area contributed by atoms with Crippen molar-refractivity contribution >= 4 is 5.96 Å². The van der Waals surface area contributed by atoms with E-state index in [9.17, 15) is 0 Å². The fraction of sp³-hybridized carbons (Fsp3) is 0.438. The zero-order chi connectivity index (χ0) is 13.5. The van der Waals surface area contributed by atoms with E-state index in [1.807, 2.05) is 6.08 Å². The highest BCUT2D eigenvalue weighted by Gasteiger charge is 2.10. The van der Waals surface area contributed by atoms with Crippen LogP contribution in [0.25, 0.3) is 0 Å². The average Bonchev–Trinajstić information content (AvgIpc) is 2.89. The van der Waals surface area contributed by atoms with E-state index < -0.39 is 0 Å². The van der Waals surface area contributed by atoms with Gasteiger partial charge in [0.25, 0.3) is 0 Å². The monoisotopic (exact) mass is 257 g/mol. The van der Waals surface area contributed by atoms with Crippen LogP contribution in [0.2, 0.25) is 0 Å². The second-order valence-electron chi connectivity index (χ2n) is 4.82. The quantitative estimate of drug-likeness (QED) is 0.483. The first-order valence-corrected chi connectivity index (χ1v) is 7.07. The molecule has 0 radical (unpaired) electrons. The van der Waals surface area contributed by atoms with Gasteiger partial charge >= 0.3 is 0 Å². The van der Waals surface area contributed by atoms with Gasteiger partial charge in [-0.1, -0.05) is 24.3 Å². The normalized spacial score (nSPS) is 14.1. The number of benzene rings is 1. The van der Waals surface area contributed by atoms with Crippen molar-refractivity contribution < 1.29 is 0 Å². The van der Waals surface area contributed by atoms with Crippen LogP contribution in [-0.4, -0.2) is 19.0 Å². The smallest absolute Gasteiger partial charge is 0.191 e. The van der Waals surface area contributed by atoms with Gasteiger partial charge in [-0.15, -0.1) is 6.58 Å². The van der Waals surface area contributed by atoms with E-state index in [0.717, 1.165) is 25.6 Å². The largest absolute Gasteiger partial charge is 0.357 e. The Labute approximate surface area is 115 Å². The van der Waals surface area contributed by atoms with E-state index >= 15 is 0 Å². The third-order valence-corrected chi connectivity index (χ3v) is 3.34. The molecule has 2 N–H and O–H groups in total. The number of hydrogen-bond acceptors (Lipinski definition) is 1. The van der Waals surface area contributed by atoms with Crippen molar-refractivity contribution in [3.05, 3.63) is 47.5 Å². The molecule has 3 heteroatoms. The second-order valence-corrected chi connectivity index (χ2v) is 4.82. The van der Waals surface area contributed by atoms with Crippen molar-refractivity contribution in [2.24, 2.45) is 4.99 Å². The average molecular weight is 257 g/mol. The summed E-state index contributed by atoms with van der Waals surface area (Å²) < 4.78 is 0. The molecule has 2 rings (SSSR count). The van der Waals surface area contributed by atoms with Crippen LogP contribution in [-0.2, 0) is 19.4 Å². The molecule has 1 aliphatic rings.